The maximum atomic E-state index is 11.8. The van der Waals surface area contributed by atoms with Crippen LogP contribution in [0.3, 0.4) is 0 Å². The van der Waals surface area contributed by atoms with E-state index in [1.807, 2.05) is 19.3 Å². The first-order valence-electron chi connectivity index (χ1n) is 8.04. The second-order valence-electron chi connectivity index (χ2n) is 6.63. The van der Waals surface area contributed by atoms with E-state index < -0.39 is 10.0 Å². The second-order valence-corrected chi connectivity index (χ2v) is 8.68. The lowest BCUT2D eigenvalue weighted by Gasteiger charge is -2.42. The van der Waals surface area contributed by atoms with Gasteiger partial charge in [0.1, 0.15) is 17.8 Å². The fraction of sp³-hybridized carbons (Fsp3) is 0.600. The number of fused-ring (bicyclic) bond motifs is 1. The molecule has 7 nitrogen and oxygen atoms in total. The summed E-state index contributed by atoms with van der Waals surface area (Å²) in [6.45, 7) is 0.562. The van der Waals surface area contributed by atoms with Crippen molar-refractivity contribution in [2.45, 2.75) is 37.0 Å². The van der Waals surface area contributed by atoms with E-state index in [4.69, 9.17) is 0 Å². The van der Waals surface area contributed by atoms with Crippen molar-refractivity contribution in [3.63, 3.8) is 0 Å². The quantitative estimate of drug-likeness (QED) is 0.829. The molecule has 0 aliphatic heterocycles. The van der Waals surface area contributed by atoms with Gasteiger partial charge in [0.05, 0.1) is 10.6 Å². The summed E-state index contributed by atoms with van der Waals surface area (Å²) in [6.07, 6.45) is 7.04. The molecule has 0 amide bonds. The smallest absolute Gasteiger partial charge is 0.214 e. The molecule has 0 bridgehead atoms. The zero-order valence-corrected chi connectivity index (χ0v) is 13.9. The Kier molecular flexibility index (Phi) is 3.53. The third-order valence-electron chi connectivity index (χ3n) is 4.96. The number of hydrogen-bond acceptors (Lipinski definition) is 5. The minimum absolute atomic E-state index is 0.135. The molecule has 0 spiro atoms. The summed E-state index contributed by atoms with van der Waals surface area (Å²) >= 11 is 0. The number of aromatic amines is 1. The molecular weight excluding hydrogens is 314 g/mol. The van der Waals surface area contributed by atoms with Gasteiger partial charge in [0.15, 0.2) is 0 Å². The standard InChI is InChI=1S/C15H21N5O2S/c1-20(15-13-4-5-16-14(13)17-9-18-15)11-6-10(7-11)8-19-23(21,22)12-2-3-12/h4-5,9-12,19H,2-3,6-8H2,1H3,(H,16,17,18). The van der Waals surface area contributed by atoms with Gasteiger partial charge in [0.25, 0.3) is 0 Å². The molecule has 2 aliphatic carbocycles. The molecule has 23 heavy (non-hydrogen) atoms. The fourth-order valence-corrected chi connectivity index (χ4v) is 4.69. The number of sulfonamides is 1. The highest BCUT2D eigenvalue weighted by Crippen LogP contribution is 2.35. The van der Waals surface area contributed by atoms with Crippen LogP contribution in [0.2, 0.25) is 0 Å². The van der Waals surface area contributed by atoms with Gasteiger partial charge in [-0.1, -0.05) is 0 Å². The van der Waals surface area contributed by atoms with E-state index >= 15 is 0 Å². The molecule has 8 heteroatoms. The van der Waals surface area contributed by atoms with Crippen molar-refractivity contribution in [1.29, 1.82) is 0 Å². The molecule has 2 N–H and O–H groups in total. The Hall–Kier alpha value is -1.67. The van der Waals surface area contributed by atoms with Crippen LogP contribution in [-0.4, -0.2) is 48.3 Å². The molecule has 0 aromatic carbocycles. The summed E-state index contributed by atoms with van der Waals surface area (Å²) < 4.78 is 26.5. The third kappa shape index (κ3) is 2.81. The lowest BCUT2D eigenvalue weighted by atomic mass is 9.79. The van der Waals surface area contributed by atoms with Crippen LogP contribution >= 0.6 is 0 Å². The lowest BCUT2D eigenvalue weighted by molar-refractivity contribution is 0.259. The Labute approximate surface area is 135 Å². The maximum Gasteiger partial charge on any atom is 0.214 e. The Morgan fingerprint density at radius 2 is 2.13 bits per heavy atom. The average Bonchev–Trinajstić information content (AvgIpc) is 3.24. The monoisotopic (exact) mass is 335 g/mol. The van der Waals surface area contributed by atoms with E-state index in [9.17, 15) is 8.42 Å². The number of nitrogens with one attached hydrogen (secondary N) is 2. The van der Waals surface area contributed by atoms with Crippen molar-refractivity contribution >= 4 is 26.9 Å². The summed E-state index contributed by atoms with van der Waals surface area (Å²) in [6, 6.07) is 2.39. The predicted molar refractivity (Wildman–Crippen MR) is 88.7 cm³/mol. The Bertz CT molecular complexity index is 808. The number of anilines is 1. The summed E-state index contributed by atoms with van der Waals surface area (Å²) in [5.41, 5.74) is 0.843. The molecule has 2 aliphatic rings. The van der Waals surface area contributed by atoms with Gasteiger partial charge >= 0.3 is 0 Å². The minimum atomic E-state index is -3.06. The van der Waals surface area contributed by atoms with E-state index in [1.54, 1.807) is 6.33 Å². The largest absolute Gasteiger partial charge is 0.356 e. The van der Waals surface area contributed by atoms with Crippen LogP contribution < -0.4 is 9.62 Å². The van der Waals surface area contributed by atoms with Crippen LogP contribution in [0, 0.1) is 5.92 Å². The summed E-state index contributed by atoms with van der Waals surface area (Å²) in [5, 5.41) is 0.886. The lowest BCUT2D eigenvalue weighted by Crippen LogP contribution is -2.47. The zero-order chi connectivity index (χ0) is 16.0. The van der Waals surface area contributed by atoms with Crippen molar-refractivity contribution in [2.75, 3.05) is 18.5 Å². The zero-order valence-electron chi connectivity index (χ0n) is 13.1. The normalized spacial score (nSPS) is 24.6. The molecule has 2 aromatic rings. The maximum absolute atomic E-state index is 11.8. The molecular formula is C15H21N5O2S. The van der Waals surface area contributed by atoms with Crippen LogP contribution in [0.15, 0.2) is 18.6 Å². The number of nitrogens with zero attached hydrogens (tertiary/aromatic N) is 3. The predicted octanol–water partition coefficient (Wildman–Crippen LogP) is 1.25. The van der Waals surface area contributed by atoms with Gasteiger partial charge in [-0.2, -0.15) is 0 Å². The van der Waals surface area contributed by atoms with Crippen molar-refractivity contribution in [3.05, 3.63) is 18.6 Å². The van der Waals surface area contributed by atoms with Crippen molar-refractivity contribution < 1.29 is 8.42 Å². The number of aromatic nitrogens is 3. The van der Waals surface area contributed by atoms with Crippen LogP contribution in [0.1, 0.15) is 25.7 Å². The highest BCUT2D eigenvalue weighted by atomic mass is 32.2. The van der Waals surface area contributed by atoms with Crippen LogP contribution in [0.4, 0.5) is 5.82 Å². The third-order valence-corrected chi connectivity index (χ3v) is 6.88. The number of H-pyrrole nitrogens is 1. The molecule has 2 saturated carbocycles. The molecule has 2 fully saturated rings. The van der Waals surface area contributed by atoms with Crippen LogP contribution in [0.25, 0.3) is 11.0 Å². The van der Waals surface area contributed by atoms with E-state index in [0.717, 1.165) is 42.5 Å². The van der Waals surface area contributed by atoms with Gasteiger partial charge in [0.2, 0.25) is 10.0 Å². The Morgan fingerprint density at radius 1 is 1.35 bits per heavy atom. The SMILES string of the molecule is CN(c1ncnc2[nH]ccc12)C1CC(CNS(=O)(=O)C2CC2)C1. The summed E-state index contributed by atoms with van der Waals surface area (Å²) in [5.74, 6) is 1.35. The number of hydrogen-bond donors (Lipinski definition) is 2. The Morgan fingerprint density at radius 3 is 2.87 bits per heavy atom. The molecule has 0 atom stereocenters. The van der Waals surface area contributed by atoms with Crippen molar-refractivity contribution in [2.24, 2.45) is 5.92 Å². The molecule has 0 radical (unpaired) electrons. The summed E-state index contributed by atoms with van der Waals surface area (Å²) in [7, 11) is -1.01. The van der Waals surface area contributed by atoms with Gasteiger partial charge in [-0.15, -0.1) is 0 Å². The van der Waals surface area contributed by atoms with E-state index in [2.05, 4.69) is 24.6 Å². The van der Waals surface area contributed by atoms with Crippen molar-refractivity contribution in [1.82, 2.24) is 19.7 Å². The van der Waals surface area contributed by atoms with E-state index in [-0.39, 0.29) is 5.25 Å². The average molecular weight is 335 g/mol. The Balaban J connectivity index is 1.35. The van der Waals surface area contributed by atoms with Gasteiger partial charge in [-0.3, -0.25) is 0 Å². The van der Waals surface area contributed by atoms with Gasteiger partial charge in [-0.05, 0) is 37.7 Å². The fourth-order valence-electron chi connectivity index (χ4n) is 3.23. The molecule has 2 aromatic heterocycles. The summed E-state index contributed by atoms with van der Waals surface area (Å²) in [4.78, 5) is 13.9. The first-order valence-corrected chi connectivity index (χ1v) is 9.58. The van der Waals surface area contributed by atoms with E-state index in [0.29, 0.717) is 18.5 Å². The minimum Gasteiger partial charge on any atom is -0.356 e. The topological polar surface area (TPSA) is 91.0 Å². The molecule has 0 unspecified atom stereocenters. The van der Waals surface area contributed by atoms with Gasteiger partial charge < -0.3 is 9.88 Å². The first kappa shape index (κ1) is 14.9. The second kappa shape index (κ2) is 5.45. The van der Waals surface area contributed by atoms with Crippen molar-refractivity contribution in [3.8, 4) is 0 Å². The highest BCUT2D eigenvalue weighted by Gasteiger charge is 2.38. The molecule has 0 saturated heterocycles. The molecule has 4 rings (SSSR count). The van der Waals surface area contributed by atoms with Crippen LogP contribution in [-0.2, 0) is 10.0 Å². The van der Waals surface area contributed by atoms with E-state index in [1.165, 1.54) is 0 Å². The van der Waals surface area contributed by atoms with Gasteiger partial charge in [-0.25, -0.2) is 23.1 Å². The first-order chi connectivity index (χ1) is 11.0. The van der Waals surface area contributed by atoms with Crippen LogP contribution in [0.5, 0.6) is 0 Å². The molecule has 124 valence electrons. The number of rotatable bonds is 6. The molecule has 2 heterocycles. The highest BCUT2D eigenvalue weighted by molar-refractivity contribution is 7.90. The van der Waals surface area contributed by atoms with Gasteiger partial charge in [0, 0.05) is 25.8 Å².